The topological polar surface area (TPSA) is 28.7 Å². The van der Waals surface area contributed by atoms with Crippen molar-refractivity contribution < 1.29 is 0 Å². The highest BCUT2D eigenvalue weighted by molar-refractivity contribution is 6.04. The Morgan fingerprint density at radius 1 is 1.20 bits per heavy atom. The van der Waals surface area contributed by atoms with Gasteiger partial charge in [-0.15, -0.1) is 0 Å². The molecule has 2 aromatic heterocycles. The molecule has 2 heteroatoms. The summed E-state index contributed by atoms with van der Waals surface area (Å²) >= 11 is 0. The number of H-pyrrole nitrogens is 1. The van der Waals surface area contributed by atoms with Gasteiger partial charge in [0.1, 0.15) is 0 Å². The Balaban J connectivity index is 2.50. The van der Waals surface area contributed by atoms with Gasteiger partial charge in [0.15, 0.2) is 0 Å². The summed E-state index contributed by atoms with van der Waals surface area (Å²) in [5, 5.41) is 2.45. The number of rotatable bonds is 1. The molecule has 0 spiro atoms. The van der Waals surface area contributed by atoms with Crippen molar-refractivity contribution in [3.8, 4) is 0 Å². The lowest BCUT2D eigenvalue weighted by Crippen LogP contribution is -1.81. The van der Waals surface area contributed by atoms with Crippen molar-refractivity contribution >= 4 is 21.8 Å². The number of aromatic amines is 1. The molecule has 3 aromatic rings. The van der Waals surface area contributed by atoms with Crippen LogP contribution in [-0.2, 0) is 6.42 Å². The molecule has 15 heavy (non-hydrogen) atoms. The second-order valence-electron chi connectivity index (χ2n) is 3.73. The molecule has 0 fully saturated rings. The highest BCUT2D eigenvalue weighted by Crippen LogP contribution is 2.25. The van der Waals surface area contributed by atoms with Crippen molar-refractivity contribution in [2.75, 3.05) is 0 Å². The van der Waals surface area contributed by atoms with Crippen LogP contribution in [0.3, 0.4) is 0 Å². The van der Waals surface area contributed by atoms with E-state index in [0.717, 1.165) is 11.9 Å². The van der Waals surface area contributed by atoms with Crippen LogP contribution in [0.15, 0.2) is 36.7 Å². The number of para-hydroxylation sites is 1. The Labute approximate surface area is 88.0 Å². The van der Waals surface area contributed by atoms with E-state index in [0.29, 0.717) is 0 Å². The summed E-state index contributed by atoms with van der Waals surface area (Å²) in [5.41, 5.74) is 3.59. The van der Waals surface area contributed by atoms with E-state index < -0.39 is 0 Å². The molecular formula is C13H12N2. The number of benzene rings is 1. The van der Waals surface area contributed by atoms with E-state index in [2.05, 4.69) is 35.2 Å². The van der Waals surface area contributed by atoms with Gasteiger partial charge in [0.2, 0.25) is 0 Å². The Morgan fingerprint density at radius 2 is 2.07 bits per heavy atom. The van der Waals surface area contributed by atoms with Crippen LogP contribution in [0.25, 0.3) is 21.8 Å². The molecule has 0 saturated carbocycles. The molecule has 0 aliphatic carbocycles. The molecule has 0 amide bonds. The maximum Gasteiger partial charge on any atom is 0.0723 e. The molecular weight excluding hydrogens is 184 g/mol. The predicted molar refractivity (Wildman–Crippen MR) is 63.0 cm³/mol. The summed E-state index contributed by atoms with van der Waals surface area (Å²) in [7, 11) is 0. The van der Waals surface area contributed by atoms with E-state index in [9.17, 15) is 0 Å². The first-order valence-electron chi connectivity index (χ1n) is 5.24. The van der Waals surface area contributed by atoms with Gasteiger partial charge in [-0.2, -0.15) is 0 Å². The van der Waals surface area contributed by atoms with Gasteiger partial charge in [-0.05, 0) is 18.1 Å². The van der Waals surface area contributed by atoms with E-state index in [1.54, 1.807) is 0 Å². The van der Waals surface area contributed by atoms with Crippen molar-refractivity contribution in [1.29, 1.82) is 0 Å². The van der Waals surface area contributed by atoms with Crippen LogP contribution in [0.2, 0.25) is 0 Å². The minimum Gasteiger partial charge on any atom is -0.360 e. The fourth-order valence-electron chi connectivity index (χ4n) is 2.07. The summed E-state index contributed by atoms with van der Waals surface area (Å²) in [4.78, 5) is 7.81. The van der Waals surface area contributed by atoms with Gasteiger partial charge in [-0.25, -0.2) is 0 Å². The molecule has 0 bridgehead atoms. The van der Waals surface area contributed by atoms with Crippen molar-refractivity contribution in [2.24, 2.45) is 0 Å². The van der Waals surface area contributed by atoms with Crippen LogP contribution in [0.5, 0.6) is 0 Å². The maximum atomic E-state index is 4.47. The maximum absolute atomic E-state index is 4.47. The lowest BCUT2D eigenvalue weighted by molar-refractivity contribution is 1.15. The first-order valence-corrected chi connectivity index (χ1v) is 5.24. The number of pyridine rings is 1. The quantitative estimate of drug-likeness (QED) is 0.635. The summed E-state index contributed by atoms with van der Waals surface area (Å²) in [5.74, 6) is 0. The molecule has 0 radical (unpaired) electrons. The molecule has 0 unspecified atom stereocenters. The summed E-state index contributed by atoms with van der Waals surface area (Å²) in [6, 6.07) is 8.22. The number of hydrogen-bond donors (Lipinski definition) is 1. The van der Waals surface area contributed by atoms with E-state index in [4.69, 9.17) is 0 Å². The summed E-state index contributed by atoms with van der Waals surface area (Å²) < 4.78 is 0. The van der Waals surface area contributed by atoms with Gasteiger partial charge in [0.25, 0.3) is 0 Å². The third-order valence-corrected chi connectivity index (χ3v) is 2.89. The van der Waals surface area contributed by atoms with Gasteiger partial charge in [-0.1, -0.05) is 25.1 Å². The molecule has 0 atom stereocenters. The van der Waals surface area contributed by atoms with E-state index >= 15 is 0 Å². The molecule has 0 aliphatic rings. The standard InChI is InChI=1S/C13H12N2/c1-2-9-7-15-13-10-5-3-4-6-12(10)14-8-11(9)13/h3-8,15H,2H2,1H3. The minimum absolute atomic E-state index is 1.04. The van der Waals surface area contributed by atoms with Gasteiger partial charge in [-0.3, -0.25) is 4.98 Å². The first-order chi connectivity index (χ1) is 7.40. The SMILES string of the molecule is CCc1c[nH]c2c1cnc1ccccc12. The molecule has 3 rings (SSSR count). The Kier molecular flexibility index (Phi) is 1.75. The Bertz CT molecular complexity index is 623. The van der Waals surface area contributed by atoms with Gasteiger partial charge in [0.05, 0.1) is 11.0 Å². The Hall–Kier alpha value is -1.83. The van der Waals surface area contributed by atoms with Crippen LogP contribution in [0.4, 0.5) is 0 Å². The van der Waals surface area contributed by atoms with Crippen LogP contribution < -0.4 is 0 Å². The predicted octanol–water partition coefficient (Wildman–Crippen LogP) is 3.28. The lowest BCUT2D eigenvalue weighted by atomic mass is 10.1. The number of aryl methyl sites for hydroxylation is 1. The van der Waals surface area contributed by atoms with Gasteiger partial charge < -0.3 is 4.98 Å². The van der Waals surface area contributed by atoms with Crippen molar-refractivity contribution in [1.82, 2.24) is 9.97 Å². The zero-order valence-corrected chi connectivity index (χ0v) is 8.62. The first kappa shape index (κ1) is 8.48. The number of fused-ring (bicyclic) bond motifs is 3. The van der Waals surface area contributed by atoms with E-state index in [1.807, 2.05) is 18.3 Å². The third-order valence-electron chi connectivity index (χ3n) is 2.89. The fraction of sp³-hybridized carbons (Fsp3) is 0.154. The second kappa shape index (κ2) is 3.09. The highest BCUT2D eigenvalue weighted by Gasteiger charge is 2.05. The van der Waals surface area contributed by atoms with Crippen LogP contribution in [0.1, 0.15) is 12.5 Å². The smallest absolute Gasteiger partial charge is 0.0723 e. The summed E-state index contributed by atoms with van der Waals surface area (Å²) in [6.45, 7) is 2.16. The number of hydrogen-bond acceptors (Lipinski definition) is 1. The van der Waals surface area contributed by atoms with Crippen molar-refractivity contribution in [3.05, 3.63) is 42.2 Å². The molecule has 0 saturated heterocycles. The largest absolute Gasteiger partial charge is 0.360 e. The van der Waals surface area contributed by atoms with Crippen LogP contribution in [-0.4, -0.2) is 9.97 Å². The number of nitrogens with zero attached hydrogens (tertiary/aromatic N) is 1. The average molecular weight is 196 g/mol. The van der Waals surface area contributed by atoms with Gasteiger partial charge >= 0.3 is 0 Å². The molecule has 2 heterocycles. The minimum atomic E-state index is 1.04. The van der Waals surface area contributed by atoms with E-state index in [1.165, 1.54) is 21.9 Å². The lowest BCUT2D eigenvalue weighted by Gasteiger charge is -1.98. The van der Waals surface area contributed by atoms with E-state index in [-0.39, 0.29) is 0 Å². The summed E-state index contributed by atoms with van der Waals surface area (Å²) in [6.07, 6.45) is 5.09. The van der Waals surface area contributed by atoms with Crippen molar-refractivity contribution in [3.63, 3.8) is 0 Å². The highest BCUT2D eigenvalue weighted by atomic mass is 14.7. The average Bonchev–Trinajstić information content (AvgIpc) is 2.72. The monoisotopic (exact) mass is 196 g/mol. The normalized spacial score (nSPS) is 11.3. The molecule has 2 nitrogen and oxygen atoms in total. The fourth-order valence-corrected chi connectivity index (χ4v) is 2.07. The molecule has 1 N–H and O–H groups in total. The van der Waals surface area contributed by atoms with Crippen molar-refractivity contribution in [2.45, 2.75) is 13.3 Å². The van der Waals surface area contributed by atoms with Crippen LogP contribution in [0, 0.1) is 0 Å². The second-order valence-corrected chi connectivity index (χ2v) is 3.73. The van der Waals surface area contributed by atoms with Crippen LogP contribution >= 0.6 is 0 Å². The number of aromatic nitrogens is 2. The molecule has 74 valence electrons. The molecule has 1 aromatic carbocycles. The van der Waals surface area contributed by atoms with Gasteiger partial charge in [0, 0.05) is 23.2 Å². The zero-order valence-electron chi connectivity index (χ0n) is 8.62. The zero-order chi connectivity index (χ0) is 10.3. The molecule has 0 aliphatic heterocycles. The third kappa shape index (κ3) is 1.14. The Morgan fingerprint density at radius 3 is 2.93 bits per heavy atom. The number of nitrogens with one attached hydrogen (secondary N) is 1.